The number of non-ortho nitro benzene ring substituents is 1. The summed E-state index contributed by atoms with van der Waals surface area (Å²) in [5.41, 5.74) is 0.848. The highest BCUT2D eigenvalue weighted by molar-refractivity contribution is 5.79. The fourth-order valence-corrected chi connectivity index (χ4v) is 5.00. The molecule has 0 amide bonds. The third-order valence-electron chi connectivity index (χ3n) is 6.68. The molecule has 1 atom stereocenters. The van der Waals surface area contributed by atoms with Crippen molar-refractivity contribution in [1.82, 2.24) is 4.90 Å². The number of rotatable bonds is 5. The van der Waals surface area contributed by atoms with Crippen LogP contribution in [-0.2, 0) is 9.53 Å². The lowest BCUT2D eigenvalue weighted by Gasteiger charge is -2.36. The number of esters is 1. The number of cyclic esters (lactones) is 1. The molecule has 8 heteroatoms. The first-order valence-electron chi connectivity index (χ1n) is 10.4. The molecule has 3 fully saturated rings. The van der Waals surface area contributed by atoms with Crippen molar-refractivity contribution in [3.8, 4) is 6.07 Å². The predicted octanol–water partition coefficient (Wildman–Crippen LogP) is 2.85. The standard InChI is InChI=1S/C21H26N4O4/c22-15-16-13-17(25(27)28)3-4-19(16)24-11-9-23(10-12-24)8-5-18-14-21(20(26)29-18)6-1-2-7-21/h3-4,13,18H,1-2,5-12,14H2. The first-order chi connectivity index (χ1) is 14.0. The average Bonchev–Trinajstić information content (AvgIpc) is 3.33. The van der Waals surface area contributed by atoms with E-state index in [9.17, 15) is 20.2 Å². The second kappa shape index (κ2) is 7.99. The minimum atomic E-state index is -0.478. The second-order valence-electron chi connectivity index (χ2n) is 8.41. The zero-order valence-corrected chi connectivity index (χ0v) is 16.5. The lowest BCUT2D eigenvalue weighted by molar-refractivity contribution is -0.384. The van der Waals surface area contributed by atoms with E-state index in [4.69, 9.17) is 4.74 Å². The van der Waals surface area contributed by atoms with E-state index in [1.54, 1.807) is 6.07 Å². The molecule has 8 nitrogen and oxygen atoms in total. The van der Waals surface area contributed by atoms with Crippen molar-refractivity contribution in [3.63, 3.8) is 0 Å². The number of ether oxygens (including phenoxy) is 1. The first-order valence-corrected chi connectivity index (χ1v) is 10.4. The Bertz CT molecular complexity index is 836. The highest BCUT2D eigenvalue weighted by Gasteiger charge is 2.50. The first kappa shape index (κ1) is 19.6. The average molecular weight is 398 g/mol. The van der Waals surface area contributed by atoms with Crippen LogP contribution in [-0.4, -0.2) is 54.6 Å². The molecule has 2 aliphatic heterocycles. The normalized spacial score (nSPS) is 23.9. The number of nitriles is 1. The van der Waals surface area contributed by atoms with Gasteiger partial charge in [-0.3, -0.25) is 19.8 Å². The Morgan fingerprint density at radius 1 is 1.24 bits per heavy atom. The van der Waals surface area contributed by atoms with Crippen LogP contribution in [0.4, 0.5) is 11.4 Å². The van der Waals surface area contributed by atoms with Gasteiger partial charge in [0.2, 0.25) is 0 Å². The van der Waals surface area contributed by atoms with E-state index in [0.29, 0.717) is 5.56 Å². The van der Waals surface area contributed by atoms with Crippen molar-refractivity contribution in [1.29, 1.82) is 5.26 Å². The second-order valence-corrected chi connectivity index (χ2v) is 8.41. The van der Waals surface area contributed by atoms with Crippen LogP contribution in [0.1, 0.15) is 44.1 Å². The van der Waals surface area contributed by atoms with E-state index in [1.165, 1.54) is 12.1 Å². The van der Waals surface area contributed by atoms with Gasteiger partial charge in [-0.1, -0.05) is 12.8 Å². The van der Waals surface area contributed by atoms with Crippen LogP contribution < -0.4 is 4.90 Å². The minimum absolute atomic E-state index is 0.0204. The lowest BCUT2D eigenvalue weighted by Crippen LogP contribution is -2.47. The van der Waals surface area contributed by atoms with Gasteiger partial charge < -0.3 is 9.64 Å². The maximum Gasteiger partial charge on any atom is 0.312 e. The van der Waals surface area contributed by atoms with Gasteiger partial charge >= 0.3 is 5.97 Å². The van der Waals surface area contributed by atoms with Crippen molar-refractivity contribution in [2.45, 2.75) is 44.6 Å². The van der Waals surface area contributed by atoms with E-state index >= 15 is 0 Å². The van der Waals surface area contributed by atoms with E-state index in [2.05, 4.69) is 15.9 Å². The molecule has 1 saturated carbocycles. The van der Waals surface area contributed by atoms with Gasteiger partial charge in [-0.15, -0.1) is 0 Å². The molecule has 1 aromatic carbocycles. The maximum atomic E-state index is 12.3. The minimum Gasteiger partial charge on any atom is -0.462 e. The molecular formula is C21H26N4O4. The Morgan fingerprint density at radius 3 is 2.62 bits per heavy atom. The third-order valence-corrected chi connectivity index (χ3v) is 6.68. The number of anilines is 1. The van der Waals surface area contributed by atoms with Crippen LogP contribution in [0.25, 0.3) is 0 Å². The smallest absolute Gasteiger partial charge is 0.312 e. The number of carbonyl (C=O) groups excluding carboxylic acids is 1. The van der Waals surface area contributed by atoms with Gasteiger partial charge in [-0.2, -0.15) is 5.26 Å². The molecular weight excluding hydrogens is 372 g/mol. The zero-order chi connectivity index (χ0) is 20.4. The summed E-state index contributed by atoms with van der Waals surface area (Å²) in [4.78, 5) is 27.2. The van der Waals surface area contributed by atoms with Gasteiger partial charge in [-0.25, -0.2) is 0 Å². The molecule has 29 heavy (non-hydrogen) atoms. The van der Waals surface area contributed by atoms with Crippen LogP contribution in [0, 0.1) is 26.9 Å². The largest absolute Gasteiger partial charge is 0.462 e. The van der Waals surface area contributed by atoms with Gasteiger partial charge in [0, 0.05) is 51.3 Å². The molecule has 1 aromatic rings. The summed E-state index contributed by atoms with van der Waals surface area (Å²) >= 11 is 0. The Morgan fingerprint density at radius 2 is 1.97 bits per heavy atom. The SMILES string of the molecule is N#Cc1cc([N+](=O)[O-])ccc1N1CCN(CCC2CC3(CCCC3)C(=O)O2)CC1. The van der Waals surface area contributed by atoms with E-state index in [1.807, 2.05) is 0 Å². The monoisotopic (exact) mass is 398 g/mol. The van der Waals surface area contributed by atoms with Crippen LogP contribution in [0.15, 0.2) is 18.2 Å². The molecule has 2 heterocycles. The molecule has 1 unspecified atom stereocenters. The molecule has 154 valence electrons. The van der Waals surface area contributed by atoms with Gasteiger partial charge in [0.25, 0.3) is 5.69 Å². The third kappa shape index (κ3) is 3.92. The van der Waals surface area contributed by atoms with Crippen LogP contribution in [0.5, 0.6) is 0 Å². The Hall–Kier alpha value is -2.66. The lowest BCUT2D eigenvalue weighted by atomic mass is 9.83. The van der Waals surface area contributed by atoms with Gasteiger partial charge in [0.15, 0.2) is 0 Å². The van der Waals surface area contributed by atoms with Crippen molar-refractivity contribution in [2.24, 2.45) is 5.41 Å². The van der Waals surface area contributed by atoms with E-state index in [0.717, 1.165) is 76.9 Å². The fraction of sp³-hybridized carbons (Fsp3) is 0.619. The summed E-state index contributed by atoms with van der Waals surface area (Å²) in [6.07, 6.45) is 6.02. The van der Waals surface area contributed by atoms with Crippen molar-refractivity contribution in [3.05, 3.63) is 33.9 Å². The van der Waals surface area contributed by atoms with E-state index < -0.39 is 4.92 Å². The summed E-state index contributed by atoms with van der Waals surface area (Å²) in [7, 11) is 0. The Balaban J connectivity index is 1.29. The fourth-order valence-electron chi connectivity index (χ4n) is 5.00. The molecule has 0 N–H and O–H groups in total. The predicted molar refractivity (Wildman–Crippen MR) is 106 cm³/mol. The van der Waals surface area contributed by atoms with Crippen LogP contribution in [0.3, 0.4) is 0 Å². The van der Waals surface area contributed by atoms with Crippen molar-refractivity contribution < 1.29 is 14.5 Å². The number of hydrogen-bond donors (Lipinski definition) is 0. The molecule has 4 rings (SSSR count). The summed E-state index contributed by atoms with van der Waals surface area (Å²) in [6.45, 7) is 4.14. The summed E-state index contributed by atoms with van der Waals surface area (Å²) < 4.78 is 5.67. The number of benzene rings is 1. The number of nitro groups is 1. The molecule has 1 spiro atoms. The molecule has 0 bridgehead atoms. The number of carbonyl (C=O) groups is 1. The molecule has 3 aliphatic rings. The van der Waals surface area contributed by atoms with Crippen molar-refractivity contribution in [2.75, 3.05) is 37.6 Å². The summed E-state index contributed by atoms with van der Waals surface area (Å²) in [5.74, 6) is 0.0204. The quantitative estimate of drug-likeness (QED) is 0.427. The molecule has 0 radical (unpaired) electrons. The Kier molecular flexibility index (Phi) is 5.41. The van der Waals surface area contributed by atoms with Crippen molar-refractivity contribution >= 4 is 17.3 Å². The molecule has 2 saturated heterocycles. The maximum absolute atomic E-state index is 12.3. The molecule has 1 aliphatic carbocycles. The Labute approximate surface area is 170 Å². The summed E-state index contributed by atoms with van der Waals surface area (Å²) in [5, 5.41) is 20.3. The number of nitro benzene ring substituents is 1. The highest BCUT2D eigenvalue weighted by Crippen LogP contribution is 2.48. The number of piperazine rings is 1. The van der Waals surface area contributed by atoms with Crippen LogP contribution in [0.2, 0.25) is 0 Å². The van der Waals surface area contributed by atoms with Crippen LogP contribution >= 0.6 is 0 Å². The van der Waals surface area contributed by atoms with Gasteiger partial charge in [0.1, 0.15) is 12.2 Å². The highest BCUT2D eigenvalue weighted by atomic mass is 16.6. The summed E-state index contributed by atoms with van der Waals surface area (Å²) in [6, 6.07) is 6.55. The topological polar surface area (TPSA) is 99.7 Å². The molecule has 0 aromatic heterocycles. The number of hydrogen-bond acceptors (Lipinski definition) is 7. The van der Waals surface area contributed by atoms with Gasteiger partial charge in [0.05, 0.1) is 21.6 Å². The van der Waals surface area contributed by atoms with E-state index in [-0.39, 0.29) is 23.2 Å². The van der Waals surface area contributed by atoms with Gasteiger partial charge in [-0.05, 0) is 25.3 Å². The number of nitrogens with zero attached hydrogens (tertiary/aromatic N) is 4. The zero-order valence-electron chi connectivity index (χ0n) is 16.5.